The molecule has 1 aromatic carbocycles. The lowest BCUT2D eigenvalue weighted by Gasteiger charge is -2.27. The van der Waals surface area contributed by atoms with Gasteiger partial charge in [-0.25, -0.2) is 0 Å². The maximum atomic E-state index is 12.9. The topological polar surface area (TPSA) is 34.5 Å². The monoisotopic (exact) mass is 320 g/mol. The van der Waals surface area contributed by atoms with Gasteiger partial charge >= 0.3 is 0 Å². The van der Waals surface area contributed by atoms with Gasteiger partial charge in [0.25, 0.3) is 5.91 Å². The van der Waals surface area contributed by atoms with E-state index < -0.39 is 0 Å². The van der Waals surface area contributed by atoms with Crippen LogP contribution in [0.3, 0.4) is 0 Å². The fraction of sp³-hybridized carbons (Fsp3) is 0.350. The van der Waals surface area contributed by atoms with Crippen LogP contribution in [-0.4, -0.2) is 35.6 Å². The van der Waals surface area contributed by atoms with Gasteiger partial charge in [-0.15, -0.1) is 0 Å². The number of carbonyl (C=O) groups is 1. The molecule has 2 aliphatic heterocycles. The highest BCUT2D eigenvalue weighted by Gasteiger charge is 2.53. The van der Waals surface area contributed by atoms with Gasteiger partial charge in [0.15, 0.2) is 0 Å². The zero-order chi connectivity index (χ0) is 16.3. The summed E-state index contributed by atoms with van der Waals surface area (Å²) in [6.45, 7) is 1.55. The Bertz CT molecular complexity index is 866. The van der Waals surface area contributed by atoms with Crippen LogP contribution in [0.25, 0.3) is 11.8 Å². The van der Waals surface area contributed by atoms with Crippen molar-refractivity contribution in [3.8, 4) is 5.69 Å². The Hall–Kier alpha value is -2.33. The van der Waals surface area contributed by atoms with Crippen LogP contribution in [0.5, 0.6) is 0 Å². The number of aromatic nitrogens is 1. The van der Waals surface area contributed by atoms with Crippen molar-refractivity contribution >= 4 is 12.0 Å². The van der Waals surface area contributed by atoms with E-state index in [0.717, 1.165) is 43.9 Å². The van der Waals surface area contributed by atoms with Crippen LogP contribution in [0, 0.1) is 0 Å². The molecule has 1 spiro atoms. The molecule has 24 heavy (non-hydrogen) atoms. The molecule has 0 bridgehead atoms. The lowest BCUT2D eigenvalue weighted by atomic mass is 9.98. The van der Waals surface area contributed by atoms with E-state index in [4.69, 9.17) is 4.74 Å². The van der Waals surface area contributed by atoms with Crippen LogP contribution in [-0.2, 0) is 10.3 Å². The number of carbonyl (C=O) groups excluding carboxylic acids is 1. The minimum Gasteiger partial charge on any atom is -0.377 e. The third kappa shape index (κ3) is 1.86. The smallest absolute Gasteiger partial charge is 0.271 e. The molecule has 3 aliphatic rings. The van der Waals surface area contributed by atoms with Gasteiger partial charge in [-0.3, -0.25) is 4.79 Å². The Morgan fingerprint density at radius 3 is 2.88 bits per heavy atom. The summed E-state index contributed by atoms with van der Waals surface area (Å²) in [4.78, 5) is 14.8. The van der Waals surface area contributed by atoms with Crippen LogP contribution in [0.15, 0.2) is 42.1 Å². The molecule has 122 valence electrons. The molecule has 4 heteroatoms. The van der Waals surface area contributed by atoms with E-state index in [1.165, 1.54) is 16.7 Å². The summed E-state index contributed by atoms with van der Waals surface area (Å²) >= 11 is 0. The van der Waals surface area contributed by atoms with Crippen molar-refractivity contribution in [1.29, 1.82) is 0 Å². The molecule has 1 saturated carbocycles. The zero-order valence-corrected chi connectivity index (χ0v) is 13.8. The maximum absolute atomic E-state index is 12.9. The van der Waals surface area contributed by atoms with Crippen LogP contribution in [0.1, 0.15) is 40.9 Å². The molecule has 4 nitrogen and oxygen atoms in total. The summed E-state index contributed by atoms with van der Waals surface area (Å²) in [7, 11) is 1.94. The molecule has 1 saturated heterocycles. The Balaban J connectivity index is 1.70. The standard InChI is InChI=1S/C20H20N2O2/c1-21-19(23)17-3-2-9-22(17)18-12-14(11-15-6-10-24-13-15)4-5-16(18)20(21)7-8-20/h2-5,9,11-12H,6-8,10,13H2,1H3/b15-11-. The number of hydrogen-bond acceptors (Lipinski definition) is 2. The first kappa shape index (κ1) is 14.1. The van der Waals surface area contributed by atoms with E-state index in [1.807, 2.05) is 34.8 Å². The Labute approximate surface area is 141 Å². The average Bonchev–Trinajstić information content (AvgIpc) is 3.02. The summed E-state index contributed by atoms with van der Waals surface area (Å²) < 4.78 is 7.50. The summed E-state index contributed by atoms with van der Waals surface area (Å²) in [5.74, 6) is 0.109. The lowest BCUT2D eigenvalue weighted by Crippen LogP contribution is -2.36. The number of rotatable bonds is 1. The van der Waals surface area contributed by atoms with E-state index in [1.54, 1.807) is 0 Å². The third-order valence-electron chi connectivity index (χ3n) is 5.65. The Morgan fingerprint density at radius 2 is 2.12 bits per heavy atom. The minimum absolute atomic E-state index is 0.109. The van der Waals surface area contributed by atoms with Gasteiger partial charge in [-0.05, 0) is 48.6 Å². The first-order chi connectivity index (χ1) is 11.7. The number of benzene rings is 1. The first-order valence-electron chi connectivity index (χ1n) is 8.57. The van der Waals surface area contributed by atoms with Gasteiger partial charge in [0, 0.05) is 18.8 Å². The molecule has 2 fully saturated rings. The van der Waals surface area contributed by atoms with Gasteiger partial charge in [-0.1, -0.05) is 18.2 Å². The van der Waals surface area contributed by atoms with Crippen LogP contribution in [0.2, 0.25) is 0 Å². The minimum atomic E-state index is -0.117. The zero-order valence-electron chi connectivity index (χ0n) is 13.8. The van der Waals surface area contributed by atoms with E-state index in [-0.39, 0.29) is 11.4 Å². The van der Waals surface area contributed by atoms with Crippen molar-refractivity contribution < 1.29 is 9.53 Å². The van der Waals surface area contributed by atoms with Crippen molar-refractivity contribution in [2.24, 2.45) is 0 Å². The Kier molecular flexibility index (Phi) is 2.83. The van der Waals surface area contributed by atoms with Crippen LogP contribution >= 0.6 is 0 Å². The molecule has 2 aromatic rings. The number of ether oxygens (including phenoxy) is 1. The van der Waals surface area contributed by atoms with Crippen LogP contribution < -0.4 is 0 Å². The fourth-order valence-corrected chi connectivity index (χ4v) is 4.09. The van der Waals surface area contributed by atoms with E-state index in [2.05, 4.69) is 24.3 Å². The third-order valence-corrected chi connectivity index (χ3v) is 5.65. The predicted molar refractivity (Wildman–Crippen MR) is 92.2 cm³/mol. The highest BCUT2D eigenvalue weighted by molar-refractivity contribution is 5.95. The molecule has 1 aliphatic carbocycles. The molecule has 0 atom stereocenters. The summed E-state index contributed by atoms with van der Waals surface area (Å²) in [6.07, 6.45) is 7.32. The SMILES string of the molecule is CN1C(=O)c2cccn2-c2cc(/C=C3/CCOC3)ccc2C12CC2. The second-order valence-electron chi connectivity index (χ2n) is 7.04. The second-order valence-corrected chi connectivity index (χ2v) is 7.04. The van der Waals surface area contributed by atoms with Gasteiger partial charge in [-0.2, -0.15) is 0 Å². The number of amides is 1. The van der Waals surface area contributed by atoms with Crippen molar-refractivity contribution in [2.45, 2.75) is 24.8 Å². The normalized spacial score (nSPS) is 22.6. The highest BCUT2D eigenvalue weighted by Crippen LogP contribution is 2.54. The molecule has 0 radical (unpaired) electrons. The molecule has 1 aromatic heterocycles. The van der Waals surface area contributed by atoms with Crippen molar-refractivity contribution in [3.05, 3.63) is 58.9 Å². The molecular formula is C20H20N2O2. The Morgan fingerprint density at radius 1 is 1.25 bits per heavy atom. The van der Waals surface area contributed by atoms with E-state index in [0.29, 0.717) is 0 Å². The summed E-state index contributed by atoms with van der Waals surface area (Å²) in [6, 6.07) is 10.5. The van der Waals surface area contributed by atoms with Crippen LogP contribution in [0.4, 0.5) is 0 Å². The van der Waals surface area contributed by atoms with Gasteiger partial charge in [0.1, 0.15) is 5.69 Å². The van der Waals surface area contributed by atoms with E-state index in [9.17, 15) is 4.79 Å². The largest absolute Gasteiger partial charge is 0.377 e. The molecule has 5 rings (SSSR count). The second kappa shape index (κ2) is 4.84. The van der Waals surface area contributed by atoms with Crippen molar-refractivity contribution in [3.63, 3.8) is 0 Å². The van der Waals surface area contributed by atoms with Gasteiger partial charge in [0.2, 0.25) is 0 Å². The number of nitrogens with zero attached hydrogens (tertiary/aromatic N) is 2. The average molecular weight is 320 g/mol. The number of fused-ring (bicyclic) bond motifs is 4. The molecule has 0 N–H and O–H groups in total. The quantitative estimate of drug-likeness (QED) is 0.807. The lowest BCUT2D eigenvalue weighted by molar-refractivity contribution is 0.0705. The molecule has 0 unspecified atom stereocenters. The van der Waals surface area contributed by atoms with Gasteiger partial charge in [0.05, 0.1) is 24.4 Å². The summed E-state index contributed by atoms with van der Waals surface area (Å²) in [5, 5.41) is 0. The maximum Gasteiger partial charge on any atom is 0.271 e. The predicted octanol–water partition coefficient (Wildman–Crippen LogP) is 3.36. The molecule has 3 heterocycles. The fourth-order valence-electron chi connectivity index (χ4n) is 4.09. The summed E-state index contributed by atoms with van der Waals surface area (Å²) in [5.41, 5.74) is 5.55. The van der Waals surface area contributed by atoms with Crippen molar-refractivity contribution in [1.82, 2.24) is 9.47 Å². The highest BCUT2D eigenvalue weighted by atomic mass is 16.5. The molecular weight excluding hydrogens is 300 g/mol. The number of hydrogen-bond donors (Lipinski definition) is 0. The van der Waals surface area contributed by atoms with Gasteiger partial charge < -0.3 is 14.2 Å². The van der Waals surface area contributed by atoms with Crippen molar-refractivity contribution in [2.75, 3.05) is 20.3 Å². The first-order valence-corrected chi connectivity index (χ1v) is 8.57. The van der Waals surface area contributed by atoms with E-state index >= 15 is 0 Å². The molecule has 1 amide bonds.